The number of carbonyl (C=O) groups excluding carboxylic acids is 1. The molecule has 29 heavy (non-hydrogen) atoms. The Kier molecular flexibility index (Phi) is 4.53. The molecule has 7 nitrogen and oxygen atoms in total. The van der Waals surface area contributed by atoms with Gasteiger partial charge in [-0.2, -0.15) is 0 Å². The number of hydrogen-bond acceptors (Lipinski definition) is 6. The zero-order valence-electron chi connectivity index (χ0n) is 16.9. The molecule has 0 spiro atoms. The molecule has 3 aliphatic rings. The van der Waals surface area contributed by atoms with Crippen molar-refractivity contribution < 1.29 is 14.3 Å². The van der Waals surface area contributed by atoms with Crippen molar-refractivity contribution in [1.29, 1.82) is 0 Å². The van der Waals surface area contributed by atoms with Crippen LogP contribution in [0.1, 0.15) is 12.8 Å². The van der Waals surface area contributed by atoms with Crippen LogP contribution in [0.25, 0.3) is 10.9 Å². The van der Waals surface area contributed by atoms with Crippen molar-refractivity contribution in [3.8, 4) is 11.5 Å². The molecule has 1 saturated carbocycles. The van der Waals surface area contributed by atoms with Gasteiger partial charge in [0, 0.05) is 49.7 Å². The number of allylic oxidation sites excluding steroid dienone is 2. The van der Waals surface area contributed by atoms with E-state index >= 15 is 0 Å². The highest BCUT2D eigenvalue weighted by molar-refractivity contribution is 5.83. The standard InChI is InChI=1S/C22H26N4O3/c1-28-19-11-16-13-23-22(24-18(16)12-20(19)29-2)26-7-5-25(6-8-26)21(27)17-10-14-3-4-15(17)9-14/h3-4,11-15,17H,5-10H2,1-2H3. The summed E-state index contributed by atoms with van der Waals surface area (Å²) in [6.07, 6.45) is 8.54. The van der Waals surface area contributed by atoms with Gasteiger partial charge in [-0.3, -0.25) is 4.79 Å². The van der Waals surface area contributed by atoms with Crippen LogP contribution in [0.4, 0.5) is 5.95 Å². The Bertz CT molecular complexity index is 968. The predicted molar refractivity (Wildman–Crippen MR) is 110 cm³/mol. The van der Waals surface area contributed by atoms with E-state index in [1.165, 1.54) is 0 Å². The highest BCUT2D eigenvalue weighted by atomic mass is 16.5. The summed E-state index contributed by atoms with van der Waals surface area (Å²) in [5.41, 5.74) is 0.819. The van der Waals surface area contributed by atoms with Crippen molar-refractivity contribution in [2.24, 2.45) is 17.8 Å². The number of hydrogen-bond donors (Lipinski definition) is 0. The van der Waals surface area contributed by atoms with Crippen molar-refractivity contribution in [2.75, 3.05) is 45.3 Å². The van der Waals surface area contributed by atoms with E-state index in [0.717, 1.165) is 49.9 Å². The van der Waals surface area contributed by atoms with Crippen LogP contribution in [-0.2, 0) is 4.79 Å². The number of methoxy groups -OCH3 is 2. The number of benzene rings is 1. The van der Waals surface area contributed by atoms with Crippen LogP contribution >= 0.6 is 0 Å². The topological polar surface area (TPSA) is 67.8 Å². The number of fused-ring (bicyclic) bond motifs is 3. The van der Waals surface area contributed by atoms with Gasteiger partial charge in [0.1, 0.15) is 0 Å². The lowest BCUT2D eigenvalue weighted by Crippen LogP contribution is -2.51. The molecule has 3 atom stereocenters. The molecule has 2 aliphatic carbocycles. The molecule has 1 amide bonds. The number of amides is 1. The minimum atomic E-state index is 0.191. The van der Waals surface area contributed by atoms with E-state index in [-0.39, 0.29) is 5.92 Å². The second-order valence-corrected chi connectivity index (χ2v) is 8.14. The maximum Gasteiger partial charge on any atom is 0.226 e. The predicted octanol–water partition coefficient (Wildman–Crippen LogP) is 2.51. The van der Waals surface area contributed by atoms with Gasteiger partial charge in [0.2, 0.25) is 11.9 Å². The minimum absolute atomic E-state index is 0.191. The van der Waals surface area contributed by atoms with Crippen LogP contribution in [-0.4, -0.2) is 61.2 Å². The number of ether oxygens (including phenoxy) is 2. The Morgan fingerprint density at radius 1 is 1.03 bits per heavy atom. The van der Waals surface area contributed by atoms with Crippen molar-refractivity contribution in [1.82, 2.24) is 14.9 Å². The fourth-order valence-corrected chi connectivity index (χ4v) is 4.93. The van der Waals surface area contributed by atoms with Gasteiger partial charge in [-0.1, -0.05) is 12.2 Å². The second-order valence-electron chi connectivity index (χ2n) is 8.14. The van der Waals surface area contributed by atoms with E-state index in [0.29, 0.717) is 35.2 Å². The Hall–Kier alpha value is -2.83. The summed E-state index contributed by atoms with van der Waals surface area (Å²) in [7, 11) is 3.24. The number of anilines is 1. The van der Waals surface area contributed by atoms with E-state index in [9.17, 15) is 4.79 Å². The van der Waals surface area contributed by atoms with Gasteiger partial charge in [-0.25, -0.2) is 9.97 Å². The molecule has 0 radical (unpaired) electrons. The van der Waals surface area contributed by atoms with Crippen LogP contribution in [0.3, 0.4) is 0 Å². The summed E-state index contributed by atoms with van der Waals surface area (Å²) in [6, 6.07) is 3.76. The van der Waals surface area contributed by atoms with E-state index in [4.69, 9.17) is 14.5 Å². The highest BCUT2D eigenvalue weighted by Gasteiger charge is 2.41. The summed E-state index contributed by atoms with van der Waals surface area (Å²) in [5.74, 6) is 3.62. The molecule has 2 aromatic rings. The van der Waals surface area contributed by atoms with E-state index in [2.05, 4.69) is 22.0 Å². The van der Waals surface area contributed by atoms with Crippen LogP contribution < -0.4 is 14.4 Å². The summed E-state index contributed by atoms with van der Waals surface area (Å²) < 4.78 is 10.7. The summed E-state index contributed by atoms with van der Waals surface area (Å²) in [4.78, 5) is 26.4. The van der Waals surface area contributed by atoms with Crippen LogP contribution in [0.2, 0.25) is 0 Å². The summed E-state index contributed by atoms with van der Waals surface area (Å²) >= 11 is 0. The molecule has 1 aliphatic heterocycles. The quantitative estimate of drug-likeness (QED) is 0.743. The van der Waals surface area contributed by atoms with Crippen molar-refractivity contribution in [3.63, 3.8) is 0 Å². The van der Waals surface area contributed by atoms with Gasteiger partial charge < -0.3 is 19.3 Å². The summed E-state index contributed by atoms with van der Waals surface area (Å²) in [5, 5.41) is 0.907. The molecular weight excluding hydrogens is 368 g/mol. The lowest BCUT2D eigenvalue weighted by atomic mass is 9.92. The van der Waals surface area contributed by atoms with Gasteiger partial charge in [-0.15, -0.1) is 0 Å². The Labute approximate surface area is 170 Å². The van der Waals surface area contributed by atoms with Crippen molar-refractivity contribution in [3.05, 3.63) is 30.5 Å². The van der Waals surface area contributed by atoms with Gasteiger partial charge in [0.25, 0.3) is 0 Å². The van der Waals surface area contributed by atoms with Crippen LogP contribution in [0.15, 0.2) is 30.5 Å². The zero-order valence-corrected chi connectivity index (χ0v) is 16.9. The Morgan fingerprint density at radius 3 is 2.45 bits per heavy atom. The van der Waals surface area contributed by atoms with Gasteiger partial charge in [0.15, 0.2) is 11.5 Å². The van der Waals surface area contributed by atoms with E-state index in [1.807, 2.05) is 23.2 Å². The normalized spacial score (nSPS) is 25.7. The third-order valence-electron chi connectivity index (χ3n) is 6.54. The van der Waals surface area contributed by atoms with Crippen LogP contribution in [0.5, 0.6) is 11.5 Å². The number of carbonyl (C=O) groups is 1. The summed E-state index contributed by atoms with van der Waals surface area (Å²) in [6.45, 7) is 2.95. The van der Waals surface area contributed by atoms with Gasteiger partial charge in [0.05, 0.1) is 19.7 Å². The molecule has 0 N–H and O–H groups in total. The first-order valence-electron chi connectivity index (χ1n) is 10.3. The first-order valence-corrected chi connectivity index (χ1v) is 10.3. The molecule has 2 fully saturated rings. The van der Waals surface area contributed by atoms with Crippen molar-refractivity contribution >= 4 is 22.8 Å². The average Bonchev–Trinajstić information content (AvgIpc) is 3.41. The maximum atomic E-state index is 13.0. The molecular formula is C22H26N4O3. The lowest BCUT2D eigenvalue weighted by Gasteiger charge is -2.36. The number of aromatic nitrogens is 2. The third kappa shape index (κ3) is 3.18. The zero-order chi connectivity index (χ0) is 20.0. The van der Waals surface area contributed by atoms with E-state index in [1.54, 1.807) is 14.2 Å². The smallest absolute Gasteiger partial charge is 0.226 e. The maximum absolute atomic E-state index is 13.0. The molecule has 2 heterocycles. The first-order chi connectivity index (χ1) is 14.2. The fraction of sp³-hybridized carbons (Fsp3) is 0.500. The molecule has 152 valence electrons. The van der Waals surface area contributed by atoms with Crippen molar-refractivity contribution in [2.45, 2.75) is 12.8 Å². The number of nitrogens with zero attached hydrogens (tertiary/aromatic N) is 4. The fourth-order valence-electron chi connectivity index (χ4n) is 4.93. The molecule has 2 bridgehead atoms. The Balaban J connectivity index is 1.28. The van der Waals surface area contributed by atoms with Crippen LogP contribution in [0, 0.1) is 17.8 Å². The van der Waals surface area contributed by atoms with E-state index < -0.39 is 0 Å². The molecule has 5 rings (SSSR count). The monoisotopic (exact) mass is 394 g/mol. The minimum Gasteiger partial charge on any atom is -0.493 e. The molecule has 1 aromatic carbocycles. The third-order valence-corrected chi connectivity index (χ3v) is 6.54. The molecule has 7 heteroatoms. The first kappa shape index (κ1) is 18.2. The largest absolute Gasteiger partial charge is 0.493 e. The highest BCUT2D eigenvalue weighted by Crippen LogP contribution is 2.44. The number of rotatable bonds is 4. The Morgan fingerprint density at radius 2 is 1.79 bits per heavy atom. The lowest BCUT2D eigenvalue weighted by molar-refractivity contribution is -0.136. The van der Waals surface area contributed by atoms with Gasteiger partial charge in [-0.05, 0) is 30.7 Å². The second kappa shape index (κ2) is 7.21. The molecule has 1 saturated heterocycles. The SMILES string of the molecule is COc1cc2cnc(N3CCN(C(=O)C4CC5C=CC4C5)CC3)nc2cc1OC. The average molecular weight is 394 g/mol. The molecule has 3 unspecified atom stereocenters. The molecule has 1 aromatic heterocycles. The van der Waals surface area contributed by atoms with Gasteiger partial charge >= 0.3 is 0 Å². The number of piperazine rings is 1.